The zero-order chi connectivity index (χ0) is 11.4. The van der Waals surface area contributed by atoms with Gasteiger partial charge in [0.05, 0.1) is 17.2 Å². The Morgan fingerprint density at radius 1 is 1.44 bits per heavy atom. The summed E-state index contributed by atoms with van der Waals surface area (Å²) in [5.74, 6) is -0.940. The van der Waals surface area contributed by atoms with Crippen LogP contribution >= 0.6 is 11.3 Å². The van der Waals surface area contributed by atoms with E-state index in [0.29, 0.717) is 5.75 Å². The highest BCUT2D eigenvalue weighted by Crippen LogP contribution is 2.18. The van der Waals surface area contributed by atoms with Crippen LogP contribution in [0, 0.1) is 0 Å². The number of aromatic nitrogens is 1. The molecule has 0 amide bonds. The number of para-hydroxylation sites is 1. The summed E-state index contributed by atoms with van der Waals surface area (Å²) in [6.07, 6.45) is 0. The zero-order valence-corrected chi connectivity index (χ0v) is 9.07. The largest absolute Gasteiger partial charge is 0.545 e. The van der Waals surface area contributed by atoms with Crippen molar-refractivity contribution in [3.8, 4) is 5.75 Å². The van der Waals surface area contributed by atoms with Crippen LogP contribution in [0.25, 0.3) is 0 Å². The van der Waals surface area contributed by atoms with Crippen molar-refractivity contribution < 1.29 is 14.6 Å². The van der Waals surface area contributed by atoms with Gasteiger partial charge in [-0.1, -0.05) is 12.1 Å². The number of hydrogen-bond donors (Lipinski definition) is 0. The number of hydrogen-bond acceptors (Lipinski definition) is 5. The lowest BCUT2D eigenvalue weighted by Gasteiger charge is -2.10. The molecule has 0 aliphatic heterocycles. The number of nitrogens with zero attached hydrogens (tertiary/aromatic N) is 1. The number of carboxylic acid groups (broad SMARTS) is 1. The van der Waals surface area contributed by atoms with Crippen molar-refractivity contribution in [2.45, 2.75) is 6.61 Å². The molecule has 0 aliphatic rings. The maximum absolute atomic E-state index is 10.8. The lowest BCUT2D eigenvalue weighted by molar-refractivity contribution is -0.255. The number of aromatic carboxylic acids is 1. The fraction of sp³-hybridized carbons (Fsp3) is 0.0909. The van der Waals surface area contributed by atoms with Crippen molar-refractivity contribution in [1.29, 1.82) is 0 Å². The average molecular weight is 234 g/mol. The van der Waals surface area contributed by atoms with Crippen molar-refractivity contribution in [3.63, 3.8) is 0 Å². The molecule has 0 fully saturated rings. The average Bonchev–Trinajstić information content (AvgIpc) is 2.79. The molecule has 1 heterocycles. The molecule has 0 saturated carbocycles. The highest BCUT2D eigenvalue weighted by molar-refractivity contribution is 7.07. The number of thiazole rings is 1. The Kier molecular flexibility index (Phi) is 3.16. The molecular weight excluding hydrogens is 226 g/mol. The Hall–Kier alpha value is -1.88. The topological polar surface area (TPSA) is 62.2 Å². The van der Waals surface area contributed by atoms with Crippen molar-refractivity contribution in [3.05, 3.63) is 46.4 Å². The third-order valence-corrected chi connectivity index (χ3v) is 2.60. The smallest absolute Gasteiger partial charge is 0.131 e. The van der Waals surface area contributed by atoms with Gasteiger partial charge in [-0.25, -0.2) is 4.98 Å². The van der Waals surface area contributed by atoms with Crippen LogP contribution in [0.2, 0.25) is 0 Å². The van der Waals surface area contributed by atoms with Crippen LogP contribution in [0.3, 0.4) is 0 Å². The number of rotatable bonds is 4. The first kappa shape index (κ1) is 10.6. The van der Waals surface area contributed by atoms with Gasteiger partial charge in [-0.3, -0.25) is 0 Å². The van der Waals surface area contributed by atoms with Gasteiger partial charge < -0.3 is 14.6 Å². The van der Waals surface area contributed by atoms with E-state index in [0.717, 1.165) is 5.69 Å². The summed E-state index contributed by atoms with van der Waals surface area (Å²) >= 11 is 1.47. The predicted octanol–water partition coefficient (Wildman–Crippen LogP) is 1.09. The van der Waals surface area contributed by atoms with Gasteiger partial charge in [0.15, 0.2) is 0 Å². The monoisotopic (exact) mass is 234 g/mol. The van der Waals surface area contributed by atoms with Gasteiger partial charge in [0.2, 0.25) is 0 Å². The van der Waals surface area contributed by atoms with Crippen molar-refractivity contribution in [2.24, 2.45) is 0 Å². The fourth-order valence-electron chi connectivity index (χ4n) is 1.22. The molecule has 0 bridgehead atoms. The zero-order valence-electron chi connectivity index (χ0n) is 8.25. The first-order valence-electron chi connectivity index (χ1n) is 4.57. The molecule has 2 rings (SSSR count). The molecule has 82 valence electrons. The van der Waals surface area contributed by atoms with E-state index in [1.807, 2.05) is 5.38 Å². The summed E-state index contributed by atoms with van der Waals surface area (Å²) in [4.78, 5) is 14.8. The maximum atomic E-state index is 10.8. The van der Waals surface area contributed by atoms with Crippen LogP contribution in [0.4, 0.5) is 0 Å². The fourth-order valence-corrected chi connectivity index (χ4v) is 1.76. The Bertz CT molecular complexity index is 482. The molecule has 0 spiro atoms. The van der Waals surface area contributed by atoms with Gasteiger partial charge in [0.25, 0.3) is 0 Å². The Morgan fingerprint density at radius 3 is 2.94 bits per heavy atom. The number of carboxylic acids is 1. The third kappa shape index (κ3) is 2.38. The van der Waals surface area contributed by atoms with Crippen LogP contribution in [-0.2, 0) is 6.61 Å². The highest BCUT2D eigenvalue weighted by Gasteiger charge is 2.04. The van der Waals surface area contributed by atoms with Gasteiger partial charge >= 0.3 is 0 Å². The van der Waals surface area contributed by atoms with E-state index >= 15 is 0 Å². The van der Waals surface area contributed by atoms with Gasteiger partial charge in [-0.15, -0.1) is 11.3 Å². The third-order valence-electron chi connectivity index (χ3n) is 1.97. The van der Waals surface area contributed by atoms with Crippen molar-refractivity contribution >= 4 is 17.3 Å². The summed E-state index contributed by atoms with van der Waals surface area (Å²) in [6.45, 7) is 0.258. The minimum Gasteiger partial charge on any atom is -0.545 e. The molecule has 0 saturated heterocycles. The minimum atomic E-state index is -1.24. The second-order valence-electron chi connectivity index (χ2n) is 3.05. The quantitative estimate of drug-likeness (QED) is 0.794. The van der Waals surface area contributed by atoms with E-state index in [9.17, 15) is 9.90 Å². The van der Waals surface area contributed by atoms with Gasteiger partial charge in [-0.2, -0.15) is 0 Å². The van der Waals surface area contributed by atoms with Crippen LogP contribution in [0.5, 0.6) is 5.75 Å². The first-order chi connectivity index (χ1) is 7.77. The molecule has 0 aliphatic carbocycles. The maximum Gasteiger partial charge on any atom is 0.131 e. The molecule has 0 N–H and O–H groups in total. The molecular formula is C11H8NO3S-. The van der Waals surface area contributed by atoms with E-state index in [2.05, 4.69) is 4.98 Å². The summed E-state index contributed by atoms with van der Waals surface area (Å²) in [5.41, 5.74) is 2.53. The Balaban J connectivity index is 2.12. The lowest BCUT2D eigenvalue weighted by Crippen LogP contribution is -2.23. The second kappa shape index (κ2) is 4.76. The van der Waals surface area contributed by atoms with Gasteiger partial charge in [0.1, 0.15) is 12.4 Å². The Morgan fingerprint density at radius 2 is 2.25 bits per heavy atom. The molecule has 4 nitrogen and oxygen atoms in total. The number of benzene rings is 1. The molecule has 1 aromatic carbocycles. The molecule has 2 aromatic rings. The van der Waals surface area contributed by atoms with E-state index < -0.39 is 5.97 Å². The Labute approximate surface area is 96.1 Å². The summed E-state index contributed by atoms with van der Waals surface area (Å²) in [7, 11) is 0. The number of carbonyl (C=O) groups is 1. The van der Waals surface area contributed by atoms with E-state index in [-0.39, 0.29) is 12.2 Å². The SMILES string of the molecule is O=C([O-])c1ccccc1OCc1cscn1. The molecule has 1 aromatic heterocycles. The normalized spacial score (nSPS) is 10.0. The first-order valence-corrected chi connectivity index (χ1v) is 5.52. The molecule has 0 unspecified atom stereocenters. The molecule has 5 heteroatoms. The van der Waals surface area contributed by atoms with E-state index in [1.54, 1.807) is 23.7 Å². The number of ether oxygens (including phenoxy) is 1. The van der Waals surface area contributed by atoms with E-state index in [4.69, 9.17) is 4.74 Å². The lowest BCUT2D eigenvalue weighted by atomic mass is 10.2. The standard InChI is InChI=1S/C11H9NO3S/c13-11(14)9-3-1-2-4-10(9)15-5-8-6-16-7-12-8/h1-4,6-7H,5H2,(H,13,14)/p-1. The van der Waals surface area contributed by atoms with E-state index in [1.165, 1.54) is 17.4 Å². The molecule has 0 radical (unpaired) electrons. The summed E-state index contributed by atoms with van der Waals surface area (Å²) < 4.78 is 5.37. The highest BCUT2D eigenvalue weighted by atomic mass is 32.1. The summed E-state index contributed by atoms with van der Waals surface area (Å²) in [6, 6.07) is 6.38. The van der Waals surface area contributed by atoms with Crippen LogP contribution in [0.15, 0.2) is 35.2 Å². The van der Waals surface area contributed by atoms with Crippen LogP contribution in [-0.4, -0.2) is 11.0 Å². The van der Waals surface area contributed by atoms with Gasteiger partial charge in [0, 0.05) is 10.9 Å². The predicted molar refractivity (Wildman–Crippen MR) is 57.2 cm³/mol. The van der Waals surface area contributed by atoms with Crippen LogP contribution < -0.4 is 9.84 Å². The summed E-state index contributed by atoms with van der Waals surface area (Å²) in [5, 5.41) is 12.6. The molecule has 16 heavy (non-hydrogen) atoms. The second-order valence-corrected chi connectivity index (χ2v) is 3.77. The van der Waals surface area contributed by atoms with Crippen LogP contribution in [0.1, 0.15) is 16.1 Å². The molecule has 0 atom stereocenters. The van der Waals surface area contributed by atoms with Crippen molar-refractivity contribution in [2.75, 3.05) is 0 Å². The van der Waals surface area contributed by atoms with Gasteiger partial charge in [-0.05, 0) is 12.1 Å². The van der Waals surface area contributed by atoms with Crippen molar-refractivity contribution in [1.82, 2.24) is 4.98 Å². The minimum absolute atomic E-state index is 0.0535. The number of carbonyl (C=O) groups excluding carboxylic acids is 1.